The molecule has 0 aliphatic heterocycles. The van der Waals surface area contributed by atoms with Crippen molar-refractivity contribution in [1.29, 1.82) is 0 Å². The highest BCUT2D eigenvalue weighted by atomic mass is 19.4. The van der Waals surface area contributed by atoms with Gasteiger partial charge in [-0.25, -0.2) is 0 Å². The Labute approximate surface area is 187 Å². The maximum absolute atomic E-state index is 13.0. The van der Waals surface area contributed by atoms with E-state index in [1.807, 2.05) is 30.3 Å². The van der Waals surface area contributed by atoms with Gasteiger partial charge < -0.3 is 9.88 Å². The van der Waals surface area contributed by atoms with Gasteiger partial charge in [-0.1, -0.05) is 42.5 Å². The van der Waals surface area contributed by atoms with E-state index in [-0.39, 0.29) is 17.7 Å². The molecule has 2 aromatic heterocycles. The van der Waals surface area contributed by atoms with Gasteiger partial charge >= 0.3 is 6.18 Å². The second-order valence-electron chi connectivity index (χ2n) is 7.67. The molecule has 0 aliphatic rings. The van der Waals surface area contributed by atoms with Crippen molar-refractivity contribution in [2.75, 3.05) is 0 Å². The van der Waals surface area contributed by atoms with Crippen molar-refractivity contribution >= 4 is 16.8 Å². The molecule has 33 heavy (non-hydrogen) atoms. The molecule has 4 rings (SSSR count). The molecule has 2 heterocycles. The van der Waals surface area contributed by atoms with Crippen LogP contribution in [0.4, 0.5) is 13.2 Å². The van der Waals surface area contributed by atoms with Crippen LogP contribution in [0.1, 0.15) is 32.7 Å². The van der Waals surface area contributed by atoms with E-state index in [0.29, 0.717) is 28.7 Å². The van der Waals surface area contributed by atoms with Crippen molar-refractivity contribution in [1.82, 2.24) is 14.9 Å². The first kappa shape index (κ1) is 22.3. The van der Waals surface area contributed by atoms with Crippen molar-refractivity contribution < 1.29 is 18.0 Å². The fraction of sp³-hybridized carbons (Fsp3) is 0.160. The minimum atomic E-state index is -4.41. The summed E-state index contributed by atoms with van der Waals surface area (Å²) in [5.74, 6) is -0.459. The smallest absolute Gasteiger partial charge is 0.348 e. The van der Waals surface area contributed by atoms with Crippen molar-refractivity contribution in [3.8, 4) is 0 Å². The van der Waals surface area contributed by atoms with E-state index in [0.717, 1.165) is 17.7 Å². The topological polar surface area (TPSA) is 64.0 Å². The Kier molecular flexibility index (Phi) is 6.00. The van der Waals surface area contributed by atoms with Gasteiger partial charge in [0.1, 0.15) is 0 Å². The van der Waals surface area contributed by atoms with E-state index in [4.69, 9.17) is 0 Å². The molecule has 5 nitrogen and oxygen atoms in total. The molecule has 8 heteroatoms. The zero-order valence-electron chi connectivity index (χ0n) is 17.7. The molecular weight excluding hydrogens is 431 g/mol. The number of nitrogens with zero attached hydrogens (tertiary/aromatic N) is 2. The Hall–Kier alpha value is -3.94. The first-order chi connectivity index (χ1) is 15.7. The van der Waals surface area contributed by atoms with Crippen LogP contribution >= 0.6 is 0 Å². The van der Waals surface area contributed by atoms with Crippen LogP contribution in [0.2, 0.25) is 0 Å². The predicted molar refractivity (Wildman–Crippen MR) is 119 cm³/mol. The highest BCUT2D eigenvalue weighted by molar-refractivity contribution is 5.98. The molecule has 1 N–H and O–H groups in total. The van der Waals surface area contributed by atoms with Crippen LogP contribution in [-0.4, -0.2) is 15.5 Å². The van der Waals surface area contributed by atoms with E-state index in [9.17, 15) is 22.8 Å². The summed E-state index contributed by atoms with van der Waals surface area (Å²) in [4.78, 5) is 30.2. The minimum absolute atomic E-state index is 0.0431. The third kappa shape index (κ3) is 4.95. The number of benzene rings is 2. The summed E-state index contributed by atoms with van der Waals surface area (Å²) >= 11 is 0. The van der Waals surface area contributed by atoms with Gasteiger partial charge in [-0.2, -0.15) is 13.2 Å². The van der Waals surface area contributed by atoms with Crippen LogP contribution in [0.15, 0.2) is 77.7 Å². The molecule has 168 valence electrons. The molecule has 0 atom stereocenters. The Morgan fingerprint density at radius 1 is 1.00 bits per heavy atom. The van der Waals surface area contributed by atoms with Crippen LogP contribution in [0.5, 0.6) is 0 Å². The fourth-order valence-corrected chi connectivity index (χ4v) is 3.53. The Bertz CT molecular complexity index is 1360. The van der Waals surface area contributed by atoms with Crippen LogP contribution in [0.25, 0.3) is 10.9 Å². The van der Waals surface area contributed by atoms with E-state index in [1.54, 1.807) is 23.8 Å². The third-order valence-corrected chi connectivity index (χ3v) is 5.32. The third-order valence-electron chi connectivity index (χ3n) is 5.32. The molecule has 0 bridgehead atoms. The standard InChI is InChI=1S/C25H20F3N3O2/c1-16-20(23(32)29-14-17-7-9-19(10-8-17)25(26,27)28)13-21-22(30-16)11-12-31(24(21)33)15-18-5-3-2-4-6-18/h2-13H,14-15H2,1H3,(H,29,32). The van der Waals surface area contributed by atoms with Gasteiger partial charge in [0, 0.05) is 12.7 Å². The summed E-state index contributed by atoms with van der Waals surface area (Å²) in [6.07, 6.45) is -2.74. The van der Waals surface area contributed by atoms with Crippen molar-refractivity contribution in [2.24, 2.45) is 0 Å². The second-order valence-corrected chi connectivity index (χ2v) is 7.67. The quantitative estimate of drug-likeness (QED) is 0.478. The predicted octanol–water partition coefficient (Wildman–Crippen LogP) is 4.70. The number of amides is 1. The molecule has 0 saturated carbocycles. The van der Waals surface area contributed by atoms with Crippen LogP contribution in [0.3, 0.4) is 0 Å². The highest BCUT2D eigenvalue weighted by Crippen LogP contribution is 2.29. The number of alkyl halides is 3. The van der Waals surface area contributed by atoms with Crippen LogP contribution in [0, 0.1) is 6.92 Å². The van der Waals surface area contributed by atoms with E-state index in [1.165, 1.54) is 18.2 Å². The lowest BCUT2D eigenvalue weighted by Crippen LogP contribution is -2.25. The van der Waals surface area contributed by atoms with Gasteiger partial charge in [0.05, 0.1) is 34.3 Å². The maximum Gasteiger partial charge on any atom is 0.416 e. The number of aryl methyl sites for hydroxylation is 1. The van der Waals surface area contributed by atoms with Gasteiger partial charge in [0.15, 0.2) is 0 Å². The van der Waals surface area contributed by atoms with Gasteiger partial charge in [0.2, 0.25) is 0 Å². The Morgan fingerprint density at radius 3 is 2.36 bits per heavy atom. The average Bonchev–Trinajstić information content (AvgIpc) is 2.79. The number of fused-ring (bicyclic) bond motifs is 1. The molecule has 0 saturated heterocycles. The van der Waals surface area contributed by atoms with Crippen molar-refractivity contribution in [2.45, 2.75) is 26.2 Å². The van der Waals surface area contributed by atoms with Gasteiger partial charge in [0.25, 0.3) is 11.5 Å². The summed E-state index contributed by atoms with van der Waals surface area (Å²) in [6, 6.07) is 17.4. The van der Waals surface area contributed by atoms with Crippen LogP contribution in [-0.2, 0) is 19.3 Å². The number of hydrogen-bond acceptors (Lipinski definition) is 3. The number of aromatic nitrogens is 2. The second kappa shape index (κ2) is 8.90. The summed E-state index contributed by atoms with van der Waals surface area (Å²) in [7, 11) is 0. The summed E-state index contributed by atoms with van der Waals surface area (Å²) < 4.78 is 39.7. The summed E-state index contributed by atoms with van der Waals surface area (Å²) in [5, 5.41) is 3.00. The van der Waals surface area contributed by atoms with E-state index in [2.05, 4.69) is 10.3 Å². The first-order valence-corrected chi connectivity index (χ1v) is 10.2. The number of carbonyl (C=O) groups is 1. The normalized spacial score (nSPS) is 11.5. The zero-order valence-corrected chi connectivity index (χ0v) is 17.7. The number of nitrogens with one attached hydrogen (secondary N) is 1. The lowest BCUT2D eigenvalue weighted by molar-refractivity contribution is -0.137. The largest absolute Gasteiger partial charge is 0.416 e. The number of halogens is 3. The Balaban J connectivity index is 1.56. The number of rotatable bonds is 5. The number of hydrogen-bond donors (Lipinski definition) is 1. The van der Waals surface area contributed by atoms with E-state index >= 15 is 0 Å². The van der Waals surface area contributed by atoms with Gasteiger partial charge in [-0.05, 0) is 42.3 Å². The first-order valence-electron chi connectivity index (χ1n) is 10.2. The van der Waals surface area contributed by atoms with Crippen molar-refractivity contribution in [3.05, 3.63) is 111 Å². The molecule has 1 amide bonds. The summed E-state index contributed by atoms with van der Waals surface area (Å²) in [5.41, 5.74) is 1.65. The molecule has 0 spiro atoms. The molecular formula is C25H20F3N3O2. The van der Waals surface area contributed by atoms with E-state index < -0.39 is 17.6 Å². The zero-order chi connectivity index (χ0) is 23.6. The molecule has 2 aromatic carbocycles. The van der Waals surface area contributed by atoms with Crippen LogP contribution < -0.4 is 10.9 Å². The molecule has 0 radical (unpaired) electrons. The monoisotopic (exact) mass is 451 g/mol. The van der Waals surface area contributed by atoms with Gasteiger partial charge in [-0.15, -0.1) is 0 Å². The molecule has 0 aliphatic carbocycles. The minimum Gasteiger partial charge on any atom is -0.348 e. The Morgan fingerprint density at radius 2 is 1.70 bits per heavy atom. The maximum atomic E-state index is 13.0. The number of pyridine rings is 2. The lowest BCUT2D eigenvalue weighted by Gasteiger charge is -2.11. The summed E-state index contributed by atoms with van der Waals surface area (Å²) in [6.45, 7) is 2.10. The highest BCUT2D eigenvalue weighted by Gasteiger charge is 2.29. The lowest BCUT2D eigenvalue weighted by atomic mass is 10.1. The SMILES string of the molecule is Cc1nc2ccn(Cc3ccccc3)c(=O)c2cc1C(=O)NCc1ccc(C(F)(F)F)cc1. The molecule has 4 aromatic rings. The fourth-order valence-electron chi connectivity index (χ4n) is 3.53. The average molecular weight is 451 g/mol. The molecule has 0 fully saturated rings. The van der Waals surface area contributed by atoms with Crippen molar-refractivity contribution in [3.63, 3.8) is 0 Å². The number of carbonyl (C=O) groups excluding carboxylic acids is 1. The molecule has 0 unspecified atom stereocenters. The van der Waals surface area contributed by atoms with Gasteiger partial charge in [-0.3, -0.25) is 14.6 Å².